The van der Waals surface area contributed by atoms with E-state index in [1.807, 2.05) is 83.9 Å². The highest BCUT2D eigenvalue weighted by molar-refractivity contribution is 7.99. The molecule has 0 bridgehead atoms. The predicted octanol–water partition coefficient (Wildman–Crippen LogP) is 3.31. The van der Waals surface area contributed by atoms with Crippen LogP contribution in [0.15, 0.2) is 78.5 Å². The molecule has 0 saturated carbocycles. The Labute approximate surface area is 179 Å². The van der Waals surface area contributed by atoms with Crippen molar-refractivity contribution < 1.29 is 4.79 Å². The molecule has 0 saturated heterocycles. The molecular formula is C22H22N6OS. The summed E-state index contributed by atoms with van der Waals surface area (Å²) in [5.74, 6) is 0.899. The molecule has 0 aliphatic heterocycles. The van der Waals surface area contributed by atoms with Gasteiger partial charge in [-0.05, 0) is 24.6 Å². The van der Waals surface area contributed by atoms with Crippen LogP contribution in [-0.2, 0) is 11.8 Å². The van der Waals surface area contributed by atoms with E-state index in [0.29, 0.717) is 5.16 Å². The third-order valence-electron chi connectivity index (χ3n) is 4.72. The van der Waals surface area contributed by atoms with Gasteiger partial charge in [-0.15, -0.1) is 10.2 Å². The Hall–Kier alpha value is -3.39. The maximum Gasteiger partial charge on any atom is 0.231 e. The van der Waals surface area contributed by atoms with E-state index in [1.54, 1.807) is 12.5 Å². The predicted molar refractivity (Wildman–Crippen MR) is 116 cm³/mol. The number of hydrogen-bond donors (Lipinski definition) is 1. The molecule has 2 aromatic carbocycles. The maximum atomic E-state index is 12.8. The van der Waals surface area contributed by atoms with Crippen molar-refractivity contribution in [2.24, 2.45) is 7.05 Å². The minimum atomic E-state index is -0.325. The molecule has 30 heavy (non-hydrogen) atoms. The van der Waals surface area contributed by atoms with Gasteiger partial charge in [0.25, 0.3) is 0 Å². The third-order valence-corrected chi connectivity index (χ3v) is 5.66. The second kappa shape index (κ2) is 8.96. The van der Waals surface area contributed by atoms with Crippen LogP contribution in [0.4, 0.5) is 0 Å². The third kappa shape index (κ3) is 4.44. The van der Waals surface area contributed by atoms with Gasteiger partial charge in [-0.2, -0.15) is 0 Å². The molecule has 4 aromatic rings. The second-order valence-electron chi connectivity index (χ2n) is 6.92. The molecule has 1 unspecified atom stereocenters. The van der Waals surface area contributed by atoms with Gasteiger partial charge < -0.3 is 9.88 Å². The summed E-state index contributed by atoms with van der Waals surface area (Å²) < 4.78 is 3.80. The van der Waals surface area contributed by atoms with Crippen molar-refractivity contribution in [3.05, 3.63) is 90.3 Å². The first-order valence-electron chi connectivity index (χ1n) is 9.53. The van der Waals surface area contributed by atoms with Gasteiger partial charge in [0.05, 0.1) is 5.75 Å². The van der Waals surface area contributed by atoms with Crippen molar-refractivity contribution in [2.45, 2.75) is 18.1 Å². The summed E-state index contributed by atoms with van der Waals surface area (Å²) in [6, 6.07) is 17.6. The second-order valence-corrected chi connectivity index (χ2v) is 7.86. The largest absolute Gasteiger partial charge is 0.341 e. The molecule has 0 radical (unpaired) electrons. The number of imidazole rings is 1. The highest BCUT2D eigenvalue weighted by Gasteiger charge is 2.21. The first-order valence-corrected chi connectivity index (χ1v) is 10.5. The zero-order valence-electron chi connectivity index (χ0n) is 16.8. The zero-order chi connectivity index (χ0) is 20.9. The van der Waals surface area contributed by atoms with Crippen molar-refractivity contribution >= 4 is 17.7 Å². The number of nitrogens with one attached hydrogen (secondary N) is 1. The lowest BCUT2D eigenvalue weighted by molar-refractivity contribution is -0.119. The van der Waals surface area contributed by atoms with Crippen molar-refractivity contribution in [2.75, 3.05) is 5.75 Å². The van der Waals surface area contributed by atoms with E-state index < -0.39 is 0 Å². The van der Waals surface area contributed by atoms with Gasteiger partial charge in [-0.25, -0.2) is 4.98 Å². The van der Waals surface area contributed by atoms with E-state index in [2.05, 4.69) is 20.5 Å². The fourth-order valence-corrected chi connectivity index (χ4v) is 3.88. The molecule has 152 valence electrons. The average Bonchev–Trinajstić information content (AvgIpc) is 3.40. The van der Waals surface area contributed by atoms with Crippen LogP contribution in [0, 0.1) is 6.92 Å². The summed E-state index contributed by atoms with van der Waals surface area (Å²) in [7, 11) is 1.92. The Balaban J connectivity index is 1.47. The van der Waals surface area contributed by atoms with Crippen LogP contribution in [0.1, 0.15) is 23.0 Å². The van der Waals surface area contributed by atoms with Gasteiger partial charge >= 0.3 is 0 Å². The minimum Gasteiger partial charge on any atom is -0.341 e. The smallest absolute Gasteiger partial charge is 0.231 e. The molecule has 0 aliphatic carbocycles. The Morgan fingerprint density at radius 2 is 1.90 bits per heavy atom. The van der Waals surface area contributed by atoms with E-state index in [1.165, 1.54) is 17.3 Å². The van der Waals surface area contributed by atoms with Gasteiger partial charge in [-0.3, -0.25) is 9.36 Å². The van der Waals surface area contributed by atoms with E-state index >= 15 is 0 Å². The van der Waals surface area contributed by atoms with E-state index in [0.717, 1.165) is 17.1 Å². The molecular weight excluding hydrogens is 396 g/mol. The normalized spacial score (nSPS) is 11.9. The van der Waals surface area contributed by atoms with Gasteiger partial charge in [0, 0.05) is 25.1 Å². The molecule has 4 rings (SSSR count). The van der Waals surface area contributed by atoms with E-state index in [4.69, 9.17) is 0 Å². The summed E-state index contributed by atoms with van der Waals surface area (Å²) >= 11 is 1.35. The molecule has 0 aliphatic rings. The fraction of sp³-hybridized carbons (Fsp3) is 0.182. The number of aromatic nitrogens is 5. The summed E-state index contributed by atoms with van der Waals surface area (Å²) in [5.41, 5.74) is 3.12. The number of carbonyl (C=O) groups excluding carboxylic acids is 1. The summed E-state index contributed by atoms with van der Waals surface area (Å²) in [6.07, 6.45) is 5.26. The molecule has 1 amide bonds. The number of carbonyl (C=O) groups is 1. The highest BCUT2D eigenvalue weighted by atomic mass is 32.2. The van der Waals surface area contributed by atoms with Crippen LogP contribution >= 0.6 is 11.8 Å². The number of aryl methyl sites for hydroxylation is 2. The fourth-order valence-electron chi connectivity index (χ4n) is 3.14. The number of hydrogen-bond acceptors (Lipinski definition) is 5. The summed E-state index contributed by atoms with van der Waals surface area (Å²) in [5, 5.41) is 11.9. The Kier molecular flexibility index (Phi) is 5.94. The van der Waals surface area contributed by atoms with Crippen molar-refractivity contribution in [3.8, 4) is 5.69 Å². The molecule has 8 heteroatoms. The lowest BCUT2D eigenvalue weighted by Crippen LogP contribution is -2.32. The number of rotatable bonds is 7. The lowest BCUT2D eigenvalue weighted by Gasteiger charge is -2.19. The standard InChI is InChI=1S/C22H22N6OS/c1-16-8-10-18(11-9-16)28-15-24-26-22(28)30-14-19(29)25-20(17-6-4-3-5-7-17)21-23-12-13-27(21)2/h3-13,15,20H,14H2,1-2H3,(H,25,29). The Morgan fingerprint density at radius 1 is 1.13 bits per heavy atom. The van der Waals surface area contributed by atoms with Crippen molar-refractivity contribution in [1.82, 2.24) is 29.6 Å². The molecule has 2 aromatic heterocycles. The quantitative estimate of drug-likeness (QED) is 0.466. The molecule has 1 atom stereocenters. The highest BCUT2D eigenvalue weighted by Crippen LogP contribution is 2.22. The topological polar surface area (TPSA) is 77.6 Å². The lowest BCUT2D eigenvalue weighted by atomic mass is 10.1. The van der Waals surface area contributed by atoms with Gasteiger partial charge in [0.15, 0.2) is 5.16 Å². The van der Waals surface area contributed by atoms with Gasteiger partial charge in [0.2, 0.25) is 5.91 Å². The van der Waals surface area contributed by atoms with Crippen molar-refractivity contribution in [1.29, 1.82) is 0 Å². The SMILES string of the molecule is Cc1ccc(-n2cnnc2SCC(=O)NC(c2ccccc2)c2nccn2C)cc1. The maximum absolute atomic E-state index is 12.8. The first kappa shape index (κ1) is 19.9. The van der Waals surface area contributed by atoms with Crippen LogP contribution in [0.5, 0.6) is 0 Å². The monoisotopic (exact) mass is 418 g/mol. The molecule has 2 heterocycles. The summed E-state index contributed by atoms with van der Waals surface area (Å²) in [6.45, 7) is 2.04. The molecule has 1 N–H and O–H groups in total. The number of benzene rings is 2. The number of thioether (sulfide) groups is 1. The van der Waals surface area contributed by atoms with Crippen molar-refractivity contribution in [3.63, 3.8) is 0 Å². The summed E-state index contributed by atoms with van der Waals surface area (Å²) in [4.78, 5) is 17.2. The number of nitrogens with zero attached hydrogens (tertiary/aromatic N) is 5. The Morgan fingerprint density at radius 3 is 2.60 bits per heavy atom. The van der Waals surface area contributed by atoms with E-state index in [-0.39, 0.29) is 17.7 Å². The Bertz CT molecular complexity index is 1120. The average molecular weight is 419 g/mol. The molecule has 0 fully saturated rings. The number of amides is 1. The molecule has 0 spiro atoms. The van der Waals surface area contributed by atoms with Crippen LogP contribution in [0.3, 0.4) is 0 Å². The van der Waals surface area contributed by atoms with Gasteiger partial charge in [-0.1, -0.05) is 59.8 Å². The zero-order valence-corrected chi connectivity index (χ0v) is 17.6. The van der Waals surface area contributed by atoms with Gasteiger partial charge in [0.1, 0.15) is 18.2 Å². The van der Waals surface area contributed by atoms with E-state index in [9.17, 15) is 4.79 Å². The first-order chi connectivity index (χ1) is 14.6. The minimum absolute atomic E-state index is 0.102. The van der Waals surface area contributed by atoms with Crippen LogP contribution in [-0.4, -0.2) is 36.0 Å². The van der Waals surface area contributed by atoms with Crippen LogP contribution in [0.25, 0.3) is 5.69 Å². The molecule has 7 nitrogen and oxygen atoms in total. The van der Waals surface area contributed by atoms with Crippen LogP contribution < -0.4 is 5.32 Å². The van der Waals surface area contributed by atoms with Crippen LogP contribution in [0.2, 0.25) is 0 Å².